The van der Waals surface area contributed by atoms with Crippen molar-refractivity contribution in [1.29, 1.82) is 0 Å². The Bertz CT molecular complexity index is 2310. The number of benzene rings is 3. The first kappa shape index (κ1) is 49.8. The maximum atomic E-state index is 13.1. The normalized spacial score (nSPS) is 15.9. The summed E-state index contributed by atoms with van der Waals surface area (Å²) < 4.78 is 52.3. The number of likely N-dealkylation sites (N-methyl/N-ethyl adjacent to an activating group) is 1. The lowest BCUT2D eigenvalue weighted by molar-refractivity contribution is -0.871. The first-order valence-electron chi connectivity index (χ1n) is 20.9. The monoisotopic (exact) mass is 964 g/mol. The van der Waals surface area contributed by atoms with Crippen molar-refractivity contribution in [3.05, 3.63) is 94.8 Å². The first-order chi connectivity index (χ1) is 30.8. The molecule has 3 aliphatic rings. The summed E-state index contributed by atoms with van der Waals surface area (Å²) >= 11 is 0. The van der Waals surface area contributed by atoms with Crippen molar-refractivity contribution in [1.82, 2.24) is 0 Å². The summed E-state index contributed by atoms with van der Waals surface area (Å²) in [7, 11) is 10.7. The van der Waals surface area contributed by atoms with Crippen LogP contribution in [0, 0.1) is 6.92 Å². The van der Waals surface area contributed by atoms with Crippen LogP contribution in [0.1, 0.15) is 23.6 Å². The summed E-state index contributed by atoms with van der Waals surface area (Å²) in [6.07, 6.45) is 6.20. The minimum absolute atomic E-state index is 0. The number of allylic oxidation sites excluding steroid dienone is 1. The lowest BCUT2D eigenvalue weighted by Gasteiger charge is -2.31. The maximum absolute atomic E-state index is 13.1. The van der Waals surface area contributed by atoms with Crippen LogP contribution in [-0.2, 0) is 42.9 Å². The highest BCUT2D eigenvalue weighted by Gasteiger charge is 2.32. The Balaban J connectivity index is 0.00000793. The molecule has 1 aliphatic carbocycles. The number of hydrogen-bond donors (Lipinski definition) is 1. The largest absolute Gasteiger partial charge is 1.00 e. The van der Waals surface area contributed by atoms with Crippen molar-refractivity contribution in [3.63, 3.8) is 0 Å². The van der Waals surface area contributed by atoms with Gasteiger partial charge in [-0.15, -0.1) is 0 Å². The second kappa shape index (κ2) is 23.1. The van der Waals surface area contributed by atoms with Crippen LogP contribution in [0.5, 0.6) is 23.0 Å². The Morgan fingerprint density at radius 1 is 0.785 bits per heavy atom. The zero-order chi connectivity index (χ0) is 45.9. The predicted octanol–water partition coefficient (Wildman–Crippen LogP) is 0.116. The molecule has 0 saturated heterocycles. The van der Waals surface area contributed by atoms with Gasteiger partial charge in [0.1, 0.15) is 61.1 Å². The molecular formula is C47H57BrN4O13. The molecule has 350 valence electrons. The average molecular weight is 966 g/mol. The van der Waals surface area contributed by atoms with Gasteiger partial charge in [0, 0.05) is 80.3 Å². The summed E-state index contributed by atoms with van der Waals surface area (Å²) in [4.78, 5) is 56.8. The van der Waals surface area contributed by atoms with Gasteiger partial charge in [0.25, 0.3) is 0 Å². The molecule has 65 heavy (non-hydrogen) atoms. The van der Waals surface area contributed by atoms with Gasteiger partial charge in [0.15, 0.2) is 6.61 Å². The van der Waals surface area contributed by atoms with E-state index in [1.54, 1.807) is 11.0 Å². The van der Waals surface area contributed by atoms with Gasteiger partial charge in [-0.2, -0.15) is 0 Å². The molecule has 2 heterocycles. The Hall–Kier alpha value is -6.24. The molecule has 18 heteroatoms. The number of anilines is 3. The predicted molar refractivity (Wildman–Crippen MR) is 237 cm³/mol. The highest BCUT2D eigenvalue weighted by Crippen LogP contribution is 2.49. The molecule has 0 amide bonds. The number of methoxy groups -OCH3 is 2. The van der Waals surface area contributed by atoms with Crippen molar-refractivity contribution in [2.45, 2.75) is 19.9 Å². The van der Waals surface area contributed by atoms with Crippen molar-refractivity contribution in [3.8, 4) is 23.0 Å². The van der Waals surface area contributed by atoms with Crippen molar-refractivity contribution in [2.75, 3.05) is 123 Å². The number of aryl methyl sites for hydroxylation is 1. The summed E-state index contributed by atoms with van der Waals surface area (Å²) in [5, 5.41) is 0. The molecule has 2 aliphatic heterocycles. The molecule has 0 aromatic heterocycles. The van der Waals surface area contributed by atoms with Crippen molar-refractivity contribution in [2.24, 2.45) is 0 Å². The fraction of sp³-hybridized carbons (Fsp3) is 0.404. The highest BCUT2D eigenvalue weighted by molar-refractivity contribution is 5.94. The van der Waals surface area contributed by atoms with Crippen LogP contribution >= 0.6 is 0 Å². The third kappa shape index (κ3) is 12.7. The summed E-state index contributed by atoms with van der Waals surface area (Å²) in [6.45, 7) is 2.83. The van der Waals surface area contributed by atoms with Gasteiger partial charge in [-0.25, -0.2) is 4.79 Å². The zero-order valence-corrected chi connectivity index (χ0v) is 39.6. The number of esters is 4. The highest BCUT2D eigenvalue weighted by atomic mass is 79.9. The minimum atomic E-state index is -0.788. The smallest absolute Gasteiger partial charge is 0.347 e. The fourth-order valence-electron chi connectivity index (χ4n) is 7.23. The molecule has 0 bridgehead atoms. The molecule has 6 rings (SSSR count). The molecule has 3 aromatic carbocycles. The van der Waals surface area contributed by atoms with E-state index in [0.717, 1.165) is 28.0 Å². The Morgan fingerprint density at radius 3 is 2.08 bits per heavy atom. The Labute approximate surface area is 389 Å². The summed E-state index contributed by atoms with van der Waals surface area (Å²) in [6, 6.07) is 15.2. The first-order valence-corrected chi connectivity index (χ1v) is 20.9. The SMILES string of the molecule is COC(=O)CN1CCOCCN(CC(=O)OC)c2cc(OCC(=O)OCOC(C)=O)c(C3=C4C=CC([NH+](C)C)C=C4Oc4cc(N(C)C)ccc43)cc2OCCOc2cc(C)ccc21.[Br-]. The van der Waals surface area contributed by atoms with Gasteiger partial charge < -0.3 is 79.2 Å². The quantitative estimate of drug-likeness (QED) is 0.148. The molecule has 1 unspecified atom stereocenters. The number of rotatable bonds is 12. The molecule has 1 atom stereocenters. The van der Waals surface area contributed by atoms with Gasteiger partial charge in [-0.05, 0) is 55.0 Å². The number of nitrogens with one attached hydrogen (secondary N) is 1. The second-order valence-electron chi connectivity index (χ2n) is 15.6. The molecule has 1 N–H and O–H groups in total. The lowest BCUT2D eigenvalue weighted by atomic mass is 9.86. The van der Waals surface area contributed by atoms with Gasteiger partial charge in [0.05, 0.1) is 52.9 Å². The maximum Gasteiger partial charge on any atom is 0.347 e. The number of nitrogens with zero attached hydrogens (tertiary/aromatic N) is 3. The van der Waals surface area contributed by atoms with E-state index in [9.17, 15) is 19.2 Å². The van der Waals surface area contributed by atoms with E-state index < -0.39 is 37.3 Å². The zero-order valence-electron chi connectivity index (χ0n) is 38.0. The van der Waals surface area contributed by atoms with Crippen molar-refractivity contribution >= 4 is 46.5 Å². The van der Waals surface area contributed by atoms with Crippen LogP contribution in [0.2, 0.25) is 0 Å². The van der Waals surface area contributed by atoms with Crippen LogP contribution in [0.4, 0.5) is 17.1 Å². The Morgan fingerprint density at radius 2 is 1.45 bits per heavy atom. The molecule has 0 fully saturated rings. The molecule has 0 radical (unpaired) electrons. The van der Waals surface area contributed by atoms with Gasteiger partial charge in [0.2, 0.25) is 6.79 Å². The number of carbonyl (C=O) groups excluding carboxylic acids is 4. The molecule has 0 spiro atoms. The number of quaternary nitrogens is 1. The molecular weight excluding hydrogens is 908 g/mol. The van der Waals surface area contributed by atoms with Crippen LogP contribution in [0.15, 0.2) is 78.1 Å². The Kier molecular flexibility index (Phi) is 17.7. The summed E-state index contributed by atoms with van der Waals surface area (Å²) in [5.41, 5.74) is 5.80. The van der Waals surface area contributed by atoms with E-state index in [2.05, 4.69) is 26.2 Å². The minimum Gasteiger partial charge on any atom is -1.00 e. The van der Waals surface area contributed by atoms with E-state index in [4.69, 9.17) is 42.6 Å². The van der Waals surface area contributed by atoms with Crippen molar-refractivity contribution < 1.29 is 83.7 Å². The lowest BCUT2D eigenvalue weighted by Crippen LogP contribution is -3.09. The topological polar surface area (TPSA) is 166 Å². The molecule has 17 nitrogen and oxygen atoms in total. The summed E-state index contributed by atoms with van der Waals surface area (Å²) in [5.74, 6) is 0.0635. The van der Waals surface area contributed by atoms with E-state index in [1.807, 2.05) is 79.4 Å². The number of ether oxygens (including phenoxy) is 9. The van der Waals surface area contributed by atoms with Crippen LogP contribution in [0.3, 0.4) is 0 Å². The second-order valence-corrected chi connectivity index (χ2v) is 15.6. The van der Waals surface area contributed by atoms with Crippen LogP contribution < -0.4 is 55.5 Å². The number of hydrogen-bond acceptors (Lipinski definition) is 16. The molecule has 3 aromatic rings. The fourth-order valence-corrected chi connectivity index (χ4v) is 7.23. The number of halogens is 1. The number of fused-ring (bicyclic) bond motifs is 4. The van der Waals surface area contributed by atoms with E-state index >= 15 is 0 Å². The third-order valence-electron chi connectivity index (χ3n) is 10.6. The van der Waals surface area contributed by atoms with Crippen LogP contribution in [0.25, 0.3) is 5.57 Å². The standard InChI is InChI=1S/C47H56N4O13.BrH/c1-30-9-14-37-42(21-30)59-19-20-60-43-24-36(47-34-12-10-32(48(3)4)22-40(34)64-41-23-33(49(5)6)11-13-35(41)47)39(61-28-46(55)63-29-62-31(2)52)25-38(43)51(27-45(54)57-8)16-18-58-17-15-50(37)26-44(53)56-7;/h9-14,21-25,32H,15-20,26-29H2,1-8H3;1H. The number of carbonyl (C=O) groups is 4. The van der Waals surface area contributed by atoms with E-state index in [1.165, 1.54) is 26.0 Å². The third-order valence-corrected chi connectivity index (χ3v) is 10.6. The van der Waals surface area contributed by atoms with E-state index in [-0.39, 0.29) is 74.8 Å². The van der Waals surface area contributed by atoms with Gasteiger partial charge in [-0.3, -0.25) is 14.4 Å². The van der Waals surface area contributed by atoms with Gasteiger partial charge >= 0.3 is 23.9 Å². The molecule has 0 saturated carbocycles. The average Bonchev–Trinajstić information content (AvgIpc) is 3.27. The van der Waals surface area contributed by atoms with Crippen LogP contribution in [-0.4, -0.2) is 138 Å². The van der Waals surface area contributed by atoms with Gasteiger partial charge in [-0.1, -0.05) is 6.07 Å². The van der Waals surface area contributed by atoms with E-state index in [0.29, 0.717) is 46.5 Å².